The van der Waals surface area contributed by atoms with Crippen molar-refractivity contribution in [2.45, 2.75) is 18.6 Å². The summed E-state index contributed by atoms with van der Waals surface area (Å²) >= 11 is 4.84. The molecule has 0 atom stereocenters. The molecular formula is C18H18BrN5OS. The van der Waals surface area contributed by atoms with Crippen LogP contribution in [0, 0.1) is 6.92 Å². The number of carbonyl (C=O) groups is 1. The fraction of sp³-hybridized carbons (Fsp3) is 0.222. The Bertz CT molecular complexity index is 897. The van der Waals surface area contributed by atoms with Crippen LogP contribution in [0.5, 0.6) is 0 Å². The third-order valence-electron chi connectivity index (χ3n) is 3.84. The number of halogens is 1. The second-order valence-electron chi connectivity index (χ2n) is 5.84. The van der Waals surface area contributed by atoms with Gasteiger partial charge in [-0.05, 0) is 41.1 Å². The Balaban J connectivity index is 1.62. The molecule has 0 aliphatic heterocycles. The fourth-order valence-corrected chi connectivity index (χ4v) is 3.57. The first-order valence-electron chi connectivity index (χ1n) is 8.00. The minimum absolute atomic E-state index is 0.0178. The molecule has 0 bridgehead atoms. The summed E-state index contributed by atoms with van der Waals surface area (Å²) in [4.78, 5) is 14.2. The Hall–Kier alpha value is -2.19. The molecule has 0 fully saturated rings. The zero-order chi connectivity index (χ0) is 18.5. The molecule has 2 aromatic carbocycles. The van der Waals surface area contributed by atoms with Crippen molar-refractivity contribution in [2.24, 2.45) is 0 Å². The number of carbonyl (C=O) groups excluding carboxylic acids is 1. The first-order chi connectivity index (χ1) is 12.5. The van der Waals surface area contributed by atoms with Gasteiger partial charge in [-0.1, -0.05) is 63.6 Å². The predicted octanol–water partition coefficient (Wildman–Crippen LogP) is 3.48. The predicted molar refractivity (Wildman–Crippen MR) is 105 cm³/mol. The van der Waals surface area contributed by atoms with E-state index in [1.165, 1.54) is 17.3 Å². The van der Waals surface area contributed by atoms with Crippen LogP contribution < -0.4 is 0 Å². The zero-order valence-corrected chi connectivity index (χ0v) is 16.9. The molecular weight excluding hydrogens is 414 g/mol. The Kier molecular flexibility index (Phi) is 6.05. The Morgan fingerprint density at radius 1 is 1.19 bits per heavy atom. The maximum absolute atomic E-state index is 12.5. The number of nitrogens with zero attached hydrogens (tertiary/aromatic N) is 5. The molecule has 0 unspecified atom stereocenters. The number of benzene rings is 2. The summed E-state index contributed by atoms with van der Waals surface area (Å²) in [5.74, 6) is 0.289. The molecule has 1 aromatic heterocycles. The molecule has 0 N–H and O–H groups in total. The van der Waals surface area contributed by atoms with Crippen molar-refractivity contribution < 1.29 is 4.79 Å². The maximum Gasteiger partial charge on any atom is 0.233 e. The van der Waals surface area contributed by atoms with Crippen LogP contribution in [0.3, 0.4) is 0 Å². The van der Waals surface area contributed by atoms with E-state index in [0.29, 0.717) is 11.7 Å². The Morgan fingerprint density at radius 3 is 2.65 bits per heavy atom. The molecule has 1 heterocycles. The van der Waals surface area contributed by atoms with Gasteiger partial charge in [-0.2, -0.15) is 4.68 Å². The average molecular weight is 432 g/mol. The maximum atomic E-state index is 12.5. The minimum Gasteiger partial charge on any atom is -0.341 e. The van der Waals surface area contributed by atoms with Crippen LogP contribution in [-0.2, 0) is 11.3 Å². The van der Waals surface area contributed by atoms with Gasteiger partial charge in [0, 0.05) is 18.1 Å². The number of amides is 1. The molecule has 0 aliphatic carbocycles. The summed E-state index contributed by atoms with van der Waals surface area (Å²) in [7, 11) is 1.80. The number of tetrazole rings is 1. The number of thioether (sulfide) groups is 1. The van der Waals surface area contributed by atoms with Gasteiger partial charge in [0.05, 0.1) is 11.4 Å². The lowest BCUT2D eigenvalue weighted by Gasteiger charge is -2.17. The van der Waals surface area contributed by atoms with Gasteiger partial charge in [0.15, 0.2) is 0 Å². The van der Waals surface area contributed by atoms with Crippen LogP contribution in [0.2, 0.25) is 0 Å². The molecule has 3 aromatic rings. The highest BCUT2D eigenvalue weighted by Crippen LogP contribution is 2.20. The lowest BCUT2D eigenvalue weighted by Crippen LogP contribution is -2.28. The van der Waals surface area contributed by atoms with E-state index in [9.17, 15) is 4.79 Å². The SMILES string of the molecule is Cc1ccc(-n2nnnc2SCC(=O)N(C)Cc2ccccc2Br)cc1. The number of hydrogen-bond donors (Lipinski definition) is 0. The van der Waals surface area contributed by atoms with Crippen molar-refractivity contribution >= 4 is 33.6 Å². The number of hydrogen-bond acceptors (Lipinski definition) is 5. The second kappa shape index (κ2) is 8.46. The second-order valence-corrected chi connectivity index (χ2v) is 7.64. The van der Waals surface area contributed by atoms with Crippen molar-refractivity contribution in [3.8, 4) is 5.69 Å². The largest absolute Gasteiger partial charge is 0.341 e. The minimum atomic E-state index is 0.0178. The van der Waals surface area contributed by atoms with Gasteiger partial charge in [-0.25, -0.2) is 0 Å². The van der Waals surface area contributed by atoms with Gasteiger partial charge in [0.1, 0.15) is 0 Å². The molecule has 134 valence electrons. The molecule has 8 heteroatoms. The van der Waals surface area contributed by atoms with Crippen molar-refractivity contribution in [2.75, 3.05) is 12.8 Å². The van der Waals surface area contributed by atoms with Crippen molar-refractivity contribution in [3.05, 3.63) is 64.1 Å². The number of aryl methyl sites for hydroxylation is 1. The van der Waals surface area contributed by atoms with Crippen LogP contribution in [0.4, 0.5) is 0 Å². The highest BCUT2D eigenvalue weighted by Gasteiger charge is 2.15. The smallest absolute Gasteiger partial charge is 0.233 e. The molecule has 6 nitrogen and oxygen atoms in total. The highest BCUT2D eigenvalue weighted by atomic mass is 79.9. The zero-order valence-electron chi connectivity index (χ0n) is 14.5. The fourth-order valence-electron chi connectivity index (χ4n) is 2.32. The lowest BCUT2D eigenvalue weighted by atomic mass is 10.2. The summed E-state index contributed by atoms with van der Waals surface area (Å²) in [6.07, 6.45) is 0. The summed E-state index contributed by atoms with van der Waals surface area (Å²) in [5.41, 5.74) is 3.11. The molecule has 0 saturated heterocycles. The Morgan fingerprint density at radius 2 is 1.92 bits per heavy atom. The normalized spacial score (nSPS) is 10.7. The van der Waals surface area contributed by atoms with Crippen molar-refractivity contribution in [1.82, 2.24) is 25.1 Å². The molecule has 1 amide bonds. The van der Waals surface area contributed by atoms with Gasteiger partial charge in [-0.3, -0.25) is 4.79 Å². The molecule has 3 rings (SSSR count). The first-order valence-corrected chi connectivity index (χ1v) is 9.78. The van der Waals surface area contributed by atoms with Crippen LogP contribution >= 0.6 is 27.7 Å². The highest BCUT2D eigenvalue weighted by molar-refractivity contribution is 9.10. The monoisotopic (exact) mass is 431 g/mol. The standard InChI is InChI=1S/C18H18BrN5OS/c1-13-7-9-15(10-8-13)24-18(20-21-22-24)26-12-17(25)23(2)11-14-5-3-4-6-16(14)19/h3-10H,11-12H2,1-2H3. The van der Waals surface area contributed by atoms with Crippen LogP contribution in [0.25, 0.3) is 5.69 Å². The average Bonchev–Trinajstić information content (AvgIpc) is 3.10. The molecule has 0 aliphatic rings. The summed E-state index contributed by atoms with van der Waals surface area (Å²) in [5, 5.41) is 12.4. The van der Waals surface area contributed by atoms with Crippen molar-refractivity contribution in [1.29, 1.82) is 0 Å². The van der Waals surface area contributed by atoms with Gasteiger partial charge in [-0.15, -0.1) is 5.10 Å². The van der Waals surface area contributed by atoms with E-state index in [4.69, 9.17) is 0 Å². The molecule has 26 heavy (non-hydrogen) atoms. The molecule has 0 spiro atoms. The number of aromatic nitrogens is 4. The summed E-state index contributed by atoms with van der Waals surface area (Å²) in [6.45, 7) is 2.57. The Labute approximate surface area is 164 Å². The third kappa shape index (κ3) is 4.50. The third-order valence-corrected chi connectivity index (χ3v) is 5.51. The van der Waals surface area contributed by atoms with Crippen molar-refractivity contribution in [3.63, 3.8) is 0 Å². The van der Waals surface area contributed by atoms with E-state index in [1.54, 1.807) is 16.6 Å². The van der Waals surface area contributed by atoms with Crippen LogP contribution in [-0.4, -0.2) is 43.8 Å². The van der Waals surface area contributed by atoms with Gasteiger partial charge in [0.25, 0.3) is 0 Å². The van der Waals surface area contributed by atoms with E-state index in [2.05, 4.69) is 31.5 Å². The van der Waals surface area contributed by atoms with E-state index < -0.39 is 0 Å². The van der Waals surface area contributed by atoms with Crippen LogP contribution in [0.1, 0.15) is 11.1 Å². The quantitative estimate of drug-likeness (QED) is 0.558. The van der Waals surface area contributed by atoms with Gasteiger partial charge < -0.3 is 4.90 Å². The van der Waals surface area contributed by atoms with E-state index in [-0.39, 0.29) is 11.7 Å². The number of rotatable bonds is 6. The van der Waals surface area contributed by atoms with E-state index in [1.807, 2.05) is 55.5 Å². The molecule has 0 radical (unpaired) electrons. The topological polar surface area (TPSA) is 63.9 Å². The van der Waals surface area contributed by atoms with E-state index in [0.717, 1.165) is 15.7 Å². The van der Waals surface area contributed by atoms with Gasteiger partial charge >= 0.3 is 0 Å². The summed E-state index contributed by atoms with van der Waals surface area (Å²) in [6, 6.07) is 15.8. The molecule has 0 saturated carbocycles. The lowest BCUT2D eigenvalue weighted by molar-refractivity contribution is -0.127. The summed E-state index contributed by atoms with van der Waals surface area (Å²) < 4.78 is 2.64. The van der Waals surface area contributed by atoms with Gasteiger partial charge in [0.2, 0.25) is 11.1 Å². The van der Waals surface area contributed by atoms with Crippen LogP contribution in [0.15, 0.2) is 58.2 Å². The van der Waals surface area contributed by atoms with E-state index >= 15 is 0 Å². The first kappa shape index (κ1) is 18.6.